The van der Waals surface area contributed by atoms with E-state index < -0.39 is 0 Å². The van der Waals surface area contributed by atoms with Crippen LogP contribution in [-0.2, 0) is 0 Å². The van der Waals surface area contributed by atoms with Crippen LogP contribution >= 0.6 is 0 Å². The van der Waals surface area contributed by atoms with E-state index in [2.05, 4.69) is 9.97 Å². The van der Waals surface area contributed by atoms with Gasteiger partial charge in [0.05, 0.1) is 5.56 Å². The van der Waals surface area contributed by atoms with Crippen molar-refractivity contribution in [1.29, 1.82) is 0 Å². The summed E-state index contributed by atoms with van der Waals surface area (Å²) in [5.41, 5.74) is 6.22. The Kier molecular flexibility index (Phi) is 2.37. The summed E-state index contributed by atoms with van der Waals surface area (Å²) in [4.78, 5) is 19.4. The maximum absolute atomic E-state index is 11.8. The maximum Gasteiger partial charge on any atom is 0.172 e. The number of hydrogen-bond donors (Lipinski definition) is 1. The summed E-state index contributed by atoms with van der Waals surface area (Å²) in [6.07, 6.45) is 8.90. The third-order valence-corrected chi connectivity index (χ3v) is 2.30. The highest BCUT2D eigenvalue weighted by Crippen LogP contribution is 2.20. The van der Waals surface area contributed by atoms with Gasteiger partial charge in [0.2, 0.25) is 0 Å². The molecule has 0 amide bonds. The Labute approximate surface area is 81.9 Å². The fourth-order valence-electron chi connectivity index (χ4n) is 1.56. The van der Waals surface area contributed by atoms with Crippen LogP contribution in [0.25, 0.3) is 0 Å². The Morgan fingerprint density at radius 3 is 2.64 bits per heavy atom. The molecule has 0 spiro atoms. The van der Waals surface area contributed by atoms with Gasteiger partial charge in [-0.25, -0.2) is 9.97 Å². The molecular formula is C10H11N3O. The van der Waals surface area contributed by atoms with Crippen LogP contribution in [0.4, 0.5) is 0 Å². The van der Waals surface area contributed by atoms with Gasteiger partial charge in [0.1, 0.15) is 6.33 Å². The number of hydrogen-bond acceptors (Lipinski definition) is 4. The molecule has 1 aliphatic carbocycles. The van der Waals surface area contributed by atoms with Gasteiger partial charge in [-0.15, -0.1) is 0 Å². The van der Waals surface area contributed by atoms with Gasteiger partial charge in [-0.1, -0.05) is 12.2 Å². The molecule has 2 rings (SSSR count). The number of aromatic nitrogens is 2. The molecule has 0 bridgehead atoms. The highest BCUT2D eigenvalue weighted by atomic mass is 16.1. The summed E-state index contributed by atoms with van der Waals surface area (Å²) in [6, 6.07) is 0.00795. The Morgan fingerprint density at radius 1 is 1.36 bits per heavy atom. The Hall–Kier alpha value is -1.55. The summed E-state index contributed by atoms with van der Waals surface area (Å²) in [5, 5.41) is 0. The fourth-order valence-corrected chi connectivity index (χ4v) is 1.56. The van der Waals surface area contributed by atoms with E-state index in [1.165, 1.54) is 18.7 Å². The number of nitrogens with two attached hydrogens (primary N) is 1. The van der Waals surface area contributed by atoms with Crippen molar-refractivity contribution in [2.45, 2.75) is 12.5 Å². The van der Waals surface area contributed by atoms with E-state index in [-0.39, 0.29) is 17.7 Å². The van der Waals surface area contributed by atoms with E-state index >= 15 is 0 Å². The quantitative estimate of drug-likeness (QED) is 0.545. The molecule has 0 saturated heterocycles. The summed E-state index contributed by atoms with van der Waals surface area (Å²) >= 11 is 0. The topological polar surface area (TPSA) is 68.9 Å². The highest BCUT2D eigenvalue weighted by Gasteiger charge is 2.23. The smallest absolute Gasteiger partial charge is 0.172 e. The molecule has 0 radical (unpaired) electrons. The molecule has 4 heteroatoms. The predicted molar refractivity (Wildman–Crippen MR) is 51.6 cm³/mol. The van der Waals surface area contributed by atoms with Gasteiger partial charge in [0, 0.05) is 24.4 Å². The number of allylic oxidation sites excluding steroid dienone is 1. The van der Waals surface area contributed by atoms with Gasteiger partial charge in [0.25, 0.3) is 0 Å². The minimum absolute atomic E-state index is 0.00795. The maximum atomic E-state index is 11.8. The number of carbonyl (C=O) groups is 1. The van der Waals surface area contributed by atoms with E-state index in [0.29, 0.717) is 12.0 Å². The summed E-state index contributed by atoms with van der Waals surface area (Å²) in [6.45, 7) is 0. The first-order valence-electron chi connectivity index (χ1n) is 4.50. The average molecular weight is 189 g/mol. The molecule has 2 N–H and O–H groups in total. The zero-order valence-corrected chi connectivity index (χ0v) is 7.63. The van der Waals surface area contributed by atoms with Gasteiger partial charge in [-0.05, 0) is 6.42 Å². The molecule has 0 aliphatic heterocycles. The monoisotopic (exact) mass is 189 g/mol. The lowest BCUT2D eigenvalue weighted by molar-refractivity contribution is 0.0942. The molecule has 1 aromatic rings. The first-order chi connectivity index (χ1) is 6.77. The summed E-state index contributed by atoms with van der Waals surface area (Å²) in [7, 11) is 0. The molecule has 0 aromatic carbocycles. The van der Waals surface area contributed by atoms with Crippen LogP contribution in [0.2, 0.25) is 0 Å². The van der Waals surface area contributed by atoms with Crippen molar-refractivity contribution in [3.8, 4) is 0 Å². The summed E-state index contributed by atoms with van der Waals surface area (Å²) in [5.74, 6) is -0.0502. The highest BCUT2D eigenvalue weighted by molar-refractivity contribution is 5.98. The van der Waals surface area contributed by atoms with Crippen molar-refractivity contribution < 1.29 is 4.79 Å². The van der Waals surface area contributed by atoms with Crippen LogP contribution in [0.15, 0.2) is 30.9 Å². The number of ketones is 1. The normalized spacial score (nSPS) is 25.2. The van der Waals surface area contributed by atoms with E-state index in [9.17, 15) is 4.79 Å². The lowest BCUT2D eigenvalue weighted by Crippen LogP contribution is -2.19. The van der Waals surface area contributed by atoms with Crippen LogP contribution in [-0.4, -0.2) is 21.8 Å². The van der Waals surface area contributed by atoms with Gasteiger partial charge < -0.3 is 5.73 Å². The minimum atomic E-state index is -0.101. The standard InChI is InChI=1S/C10H11N3O/c11-9-2-1-7(3-9)10(14)8-4-12-6-13-5-8/h1-2,4-7,9H,3,11H2. The second-order valence-electron chi connectivity index (χ2n) is 3.38. The molecule has 2 unspecified atom stereocenters. The molecule has 0 saturated carbocycles. The van der Waals surface area contributed by atoms with Crippen molar-refractivity contribution >= 4 is 5.78 Å². The van der Waals surface area contributed by atoms with Crippen LogP contribution < -0.4 is 5.73 Å². The zero-order valence-electron chi connectivity index (χ0n) is 7.63. The lowest BCUT2D eigenvalue weighted by atomic mass is 9.98. The van der Waals surface area contributed by atoms with Crippen LogP contribution in [0.3, 0.4) is 0 Å². The number of carbonyl (C=O) groups excluding carboxylic acids is 1. The van der Waals surface area contributed by atoms with Crippen molar-refractivity contribution in [2.24, 2.45) is 11.7 Å². The molecule has 4 nitrogen and oxygen atoms in total. The van der Waals surface area contributed by atoms with Crippen LogP contribution in [0.1, 0.15) is 16.8 Å². The molecule has 1 heterocycles. The number of nitrogens with zero attached hydrogens (tertiary/aromatic N) is 2. The Balaban J connectivity index is 2.14. The predicted octanol–water partition coefficient (Wildman–Crippen LogP) is 0.563. The molecule has 1 aliphatic rings. The van der Waals surface area contributed by atoms with Crippen molar-refractivity contribution in [1.82, 2.24) is 9.97 Å². The number of Topliss-reactive ketones (excluding diaryl/α,β-unsaturated/α-hetero) is 1. The van der Waals surface area contributed by atoms with Gasteiger partial charge in [-0.2, -0.15) is 0 Å². The molecule has 1 aromatic heterocycles. The SMILES string of the molecule is NC1C=CC(C(=O)c2cncnc2)C1. The number of rotatable bonds is 2. The second-order valence-corrected chi connectivity index (χ2v) is 3.38. The fraction of sp³-hybridized carbons (Fsp3) is 0.300. The third kappa shape index (κ3) is 1.70. The molecule has 2 atom stereocenters. The first kappa shape index (κ1) is 9.02. The van der Waals surface area contributed by atoms with Crippen molar-refractivity contribution in [3.05, 3.63) is 36.4 Å². The van der Waals surface area contributed by atoms with Crippen LogP contribution in [0, 0.1) is 5.92 Å². The van der Waals surface area contributed by atoms with Crippen LogP contribution in [0.5, 0.6) is 0 Å². The van der Waals surface area contributed by atoms with Gasteiger partial charge >= 0.3 is 0 Å². The third-order valence-electron chi connectivity index (χ3n) is 2.30. The molecule has 72 valence electrons. The first-order valence-corrected chi connectivity index (χ1v) is 4.50. The average Bonchev–Trinajstić information content (AvgIpc) is 2.65. The van der Waals surface area contributed by atoms with E-state index in [1.807, 2.05) is 12.2 Å². The molecule has 14 heavy (non-hydrogen) atoms. The van der Waals surface area contributed by atoms with Gasteiger partial charge in [0.15, 0.2) is 5.78 Å². The Bertz CT molecular complexity index is 361. The van der Waals surface area contributed by atoms with E-state index in [0.717, 1.165) is 0 Å². The van der Waals surface area contributed by atoms with E-state index in [1.54, 1.807) is 0 Å². The Morgan fingerprint density at radius 2 is 2.07 bits per heavy atom. The zero-order chi connectivity index (χ0) is 9.97. The lowest BCUT2D eigenvalue weighted by Gasteiger charge is -2.06. The largest absolute Gasteiger partial charge is 0.324 e. The van der Waals surface area contributed by atoms with Crippen molar-refractivity contribution in [3.63, 3.8) is 0 Å². The van der Waals surface area contributed by atoms with Gasteiger partial charge in [-0.3, -0.25) is 4.79 Å². The molecular weight excluding hydrogens is 178 g/mol. The minimum Gasteiger partial charge on any atom is -0.324 e. The second kappa shape index (κ2) is 3.67. The molecule has 0 fully saturated rings. The summed E-state index contributed by atoms with van der Waals surface area (Å²) < 4.78 is 0. The van der Waals surface area contributed by atoms with Crippen molar-refractivity contribution in [2.75, 3.05) is 0 Å². The van der Waals surface area contributed by atoms with E-state index in [4.69, 9.17) is 5.73 Å².